The fraction of sp³-hybridized carbons (Fsp3) is 0.364. The van der Waals surface area contributed by atoms with Gasteiger partial charge in [-0.15, -0.1) is 0 Å². The fourth-order valence-electron chi connectivity index (χ4n) is 3.41. The number of anilines is 2. The summed E-state index contributed by atoms with van der Waals surface area (Å²) in [5.41, 5.74) is 2.87. The van der Waals surface area contributed by atoms with Crippen molar-refractivity contribution < 1.29 is 9.47 Å². The van der Waals surface area contributed by atoms with E-state index in [4.69, 9.17) is 9.47 Å². The largest absolute Gasteiger partial charge is 0.484 e. The second kappa shape index (κ2) is 8.14. The molecule has 3 aromatic rings. The summed E-state index contributed by atoms with van der Waals surface area (Å²) in [5, 5.41) is 6.80. The summed E-state index contributed by atoms with van der Waals surface area (Å²) in [7, 11) is 0. The van der Waals surface area contributed by atoms with Crippen LogP contribution in [0.1, 0.15) is 31.2 Å². The molecule has 0 unspecified atom stereocenters. The molecule has 1 aliphatic heterocycles. The molecule has 0 amide bonds. The molecule has 8 nitrogen and oxygen atoms in total. The van der Waals surface area contributed by atoms with E-state index in [0.29, 0.717) is 31.7 Å². The Labute approximate surface area is 175 Å². The molecule has 2 N–H and O–H groups in total. The first-order valence-corrected chi connectivity index (χ1v) is 10.3. The Morgan fingerprint density at radius 1 is 1.03 bits per heavy atom. The fourth-order valence-corrected chi connectivity index (χ4v) is 3.41. The molecule has 0 saturated heterocycles. The van der Waals surface area contributed by atoms with Gasteiger partial charge in [0.15, 0.2) is 5.75 Å². The van der Waals surface area contributed by atoms with E-state index in [1.54, 1.807) is 12.5 Å². The molecule has 5 rings (SSSR count). The minimum Gasteiger partial charge on any atom is -0.484 e. The zero-order valence-corrected chi connectivity index (χ0v) is 16.8. The summed E-state index contributed by atoms with van der Waals surface area (Å²) < 4.78 is 11.4. The van der Waals surface area contributed by atoms with Crippen molar-refractivity contribution in [2.24, 2.45) is 0 Å². The standard InChI is InChI=1S/C22H24N6O2/c1-14(17-6-7-23-22-21(17)29-8-9-30-22)11-24-20-10-18(26-13-27-20)15-2-5-19(25-12-15)28-16-3-4-16/h2,5-7,10,12-14,16H,3-4,8-9,11H2,1H3,(H,25,28)(H,24,26,27)/t14-/m1/s1. The average Bonchev–Trinajstić information content (AvgIpc) is 3.62. The summed E-state index contributed by atoms with van der Waals surface area (Å²) in [6.07, 6.45) is 7.63. The molecule has 0 spiro atoms. The van der Waals surface area contributed by atoms with Gasteiger partial charge in [-0.25, -0.2) is 19.9 Å². The minimum absolute atomic E-state index is 0.191. The van der Waals surface area contributed by atoms with Gasteiger partial charge in [0.05, 0.1) is 5.69 Å². The Balaban J connectivity index is 1.26. The quantitative estimate of drug-likeness (QED) is 0.618. The van der Waals surface area contributed by atoms with Gasteiger partial charge in [-0.2, -0.15) is 0 Å². The minimum atomic E-state index is 0.191. The first kappa shape index (κ1) is 18.6. The van der Waals surface area contributed by atoms with Crippen LogP contribution in [0.2, 0.25) is 0 Å². The maximum atomic E-state index is 5.79. The van der Waals surface area contributed by atoms with Gasteiger partial charge in [0.1, 0.15) is 31.2 Å². The first-order chi connectivity index (χ1) is 14.8. The number of rotatable bonds is 7. The lowest BCUT2D eigenvalue weighted by Crippen LogP contribution is -2.19. The van der Waals surface area contributed by atoms with Crippen LogP contribution < -0.4 is 20.1 Å². The van der Waals surface area contributed by atoms with Gasteiger partial charge in [-0.05, 0) is 31.0 Å². The molecular weight excluding hydrogens is 380 g/mol. The molecule has 30 heavy (non-hydrogen) atoms. The van der Waals surface area contributed by atoms with Crippen molar-refractivity contribution in [1.29, 1.82) is 0 Å². The molecule has 0 aromatic carbocycles. The van der Waals surface area contributed by atoms with Crippen LogP contribution in [0, 0.1) is 0 Å². The highest BCUT2D eigenvalue weighted by Gasteiger charge is 2.22. The van der Waals surface area contributed by atoms with Crippen LogP contribution in [0.25, 0.3) is 11.3 Å². The second-order valence-electron chi connectivity index (χ2n) is 7.65. The van der Waals surface area contributed by atoms with Crippen LogP contribution in [0.4, 0.5) is 11.6 Å². The van der Waals surface area contributed by atoms with Crippen LogP contribution in [0.5, 0.6) is 11.6 Å². The highest BCUT2D eigenvalue weighted by atomic mass is 16.6. The maximum absolute atomic E-state index is 5.79. The molecule has 4 heterocycles. The Kier molecular flexibility index (Phi) is 5.04. The van der Waals surface area contributed by atoms with Crippen molar-refractivity contribution in [3.63, 3.8) is 0 Å². The van der Waals surface area contributed by atoms with E-state index in [1.807, 2.05) is 30.5 Å². The van der Waals surface area contributed by atoms with Gasteiger partial charge < -0.3 is 20.1 Å². The normalized spacial score (nSPS) is 16.0. The van der Waals surface area contributed by atoms with Gasteiger partial charge in [-0.3, -0.25) is 0 Å². The third-order valence-corrected chi connectivity index (χ3v) is 5.25. The topological polar surface area (TPSA) is 94.1 Å². The molecule has 3 aromatic heterocycles. The van der Waals surface area contributed by atoms with E-state index < -0.39 is 0 Å². The first-order valence-electron chi connectivity index (χ1n) is 10.3. The lowest BCUT2D eigenvalue weighted by Gasteiger charge is -2.22. The molecule has 1 aliphatic carbocycles. The van der Waals surface area contributed by atoms with E-state index in [0.717, 1.165) is 34.2 Å². The van der Waals surface area contributed by atoms with Crippen LogP contribution >= 0.6 is 0 Å². The zero-order valence-electron chi connectivity index (χ0n) is 16.8. The lowest BCUT2D eigenvalue weighted by molar-refractivity contribution is 0.162. The van der Waals surface area contributed by atoms with Gasteiger partial charge in [0.2, 0.25) is 0 Å². The maximum Gasteiger partial charge on any atom is 0.257 e. The van der Waals surface area contributed by atoms with E-state index in [2.05, 4.69) is 37.5 Å². The number of nitrogens with one attached hydrogen (secondary N) is 2. The Bertz CT molecular complexity index is 1020. The summed E-state index contributed by atoms with van der Waals surface area (Å²) in [6, 6.07) is 8.54. The number of aromatic nitrogens is 4. The number of nitrogens with zero attached hydrogens (tertiary/aromatic N) is 4. The van der Waals surface area contributed by atoms with E-state index >= 15 is 0 Å². The van der Waals surface area contributed by atoms with Crippen LogP contribution in [0.15, 0.2) is 43.0 Å². The number of hydrogen-bond acceptors (Lipinski definition) is 8. The lowest BCUT2D eigenvalue weighted by atomic mass is 10.0. The van der Waals surface area contributed by atoms with Crippen molar-refractivity contribution in [1.82, 2.24) is 19.9 Å². The SMILES string of the molecule is C[C@H](CNc1cc(-c2ccc(NC3CC3)nc2)ncn1)c1ccnc2c1OCCO2. The molecule has 0 radical (unpaired) electrons. The molecule has 2 aliphatic rings. The molecule has 1 saturated carbocycles. The summed E-state index contributed by atoms with van der Waals surface area (Å²) in [6.45, 7) is 3.91. The van der Waals surface area contributed by atoms with Crippen molar-refractivity contribution in [2.45, 2.75) is 31.7 Å². The molecule has 154 valence electrons. The number of pyridine rings is 2. The highest BCUT2D eigenvalue weighted by molar-refractivity contribution is 5.62. The number of fused-ring (bicyclic) bond motifs is 1. The monoisotopic (exact) mass is 404 g/mol. The highest BCUT2D eigenvalue weighted by Crippen LogP contribution is 2.35. The van der Waals surface area contributed by atoms with Crippen molar-refractivity contribution in [3.8, 4) is 22.9 Å². The molecule has 8 heteroatoms. The zero-order chi connectivity index (χ0) is 20.3. The van der Waals surface area contributed by atoms with Crippen molar-refractivity contribution in [2.75, 3.05) is 30.4 Å². The Morgan fingerprint density at radius 2 is 1.93 bits per heavy atom. The van der Waals surface area contributed by atoms with Gasteiger partial charge in [0.25, 0.3) is 5.88 Å². The van der Waals surface area contributed by atoms with Crippen LogP contribution in [-0.2, 0) is 0 Å². The summed E-state index contributed by atoms with van der Waals surface area (Å²) in [4.78, 5) is 17.5. The van der Waals surface area contributed by atoms with Crippen molar-refractivity contribution >= 4 is 11.6 Å². The van der Waals surface area contributed by atoms with Gasteiger partial charge in [-0.1, -0.05) is 6.92 Å². The number of hydrogen-bond donors (Lipinski definition) is 2. The van der Waals surface area contributed by atoms with Crippen LogP contribution in [-0.4, -0.2) is 45.7 Å². The predicted octanol–water partition coefficient (Wildman–Crippen LogP) is 3.49. The molecule has 1 atom stereocenters. The van der Waals surface area contributed by atoms with E-state index in [9.17, 15) is 0 Å². The molecule has 0 bridgehead atoms. The van der Waals surface area contributed by atoms with Gasteiger partial charge in [0, 0.05) is 48.1 Å². The Morgan fingerprint density at radius 3 is 2.77 bits per heavy atom. The second-order valence-corrected chi connectivity index (χ2v) is 7.65. The third-order valence-electron chi connectivity index (χ3n) is 5.25. The van der Waals surface area contributed by atoms with Crippen molar-refractivity contribution in [3.05, 3.63) is 48.5 Å². The summed E-state index contributed by atoms with van der Waals surface area (Å²) in [5.74, 6) is 3.19. The molecular formula is C22H24N6O2. The van der Waals surface area contributed by atoms with E-state index in [-0.39, 0.29) is 5.92 Å². The van der Waals surface area contributed by atoms with Gasteiger partial charge >= 0.3 is 0 Å². The third kappa shape index (κ3) is 4.12. The molecule has 1 fully saturated rings. The Hall–Kier alpha value is -3.42. The van der Waals surface area contributed by atoms with E-state index in [1.165, 1.54) is 12.8 Å². The number of ether oxygens (including phenoxy) is 2. The van der Waals surface area contributed by atoms with Crippen LogP contribution in [0.3, 0.4) is 0 Å². The smallest absolute Gasteiger partial charge is 0.257 e. The average molecular weight is 404 g/mol. The summed E-state index contributed by atoms with van der Waals surface area (Å²) >= 11 is 0. The predicted molar refractivity (Wildman–Crippen MR) is 114 cm³/mol.